The summed E-state index contributed by atoms with van der Waals surface area (Å²) in [7, 11) is 0. The highest BCUT2D eigenvalue weighted by molar-refractivity contribution is 5.92. The van der Waals surface area contributed by atoms with E-state index in [1.165, 1.54) is 6.07 Å². The number of carboxylic acids is 1. The summed E-state index contributed by atoms with van der Waals surface area (Å²) in [6.07, 6.45) is 2.51. The fourth-order valence-electron chi connectivity index (χ4n) is 1.98. The summed E-state index contributed by atoms with van der Waals surface area (Å²) in [6.45, 7) is 7.38. The Labute approximate surface area is 130 Å². The Morgan fingerprint density at radius 1 is 1.45 bits per heavy atom. The summed E-state index contributed by atoms with van der Waals surface area (Å²) < 4.78 is 13.4. The van der Waals surface area contributed by atoms with Gasteiger partial charge in [0, 0.05) is 12.1 Å². The van der Waals surface area contributed by atoms with Crippen molar-refractivity contribution in [3.63, 3.8) is 0 Å². The summed E-state index contributed by atoms with van der Waals surface area (Å²) in [6, 6.07) is 4.86. The third kappa shape index (κ3) is 5.68. The minimum atomic E-state index is -0.970. The first-order valence-corrected chi connectivity index (χ1v) is 7.28. The summed E-state index contributed by atoms with van der Waals surface area (Å²) >= 11 is 0. The van der Waals surface area contributed by atoms with Crippen molar-refractivity contribution >= 4 is 17.5 Å². The maximum atomic E-state index is 13.4. The minimum Gasteiger partial charge on any atom is -0.480 e. The molecule has 120 valence electrons. The highest BCUT2D eigenvalue weighted by atomic mass is 19.1. The van der Waals surface area contributed by atoms with Crippen LogP contribution >= 0.6 is 0 Å². The largest absolute Gasteiger partial charge is 0.480 e. The van der Waals surface area contributed by atoms with E-state index in [0.29, 0.717) is 23.7 Å². The Kier molecular flexibility index (Phi) is 6.76. The number of rotatable bonds is 6. The highest BCUT2D eigenvalue weighted by Gasteiger charge is 2.09. The third-order valence-corrected chi connectivity index (χ3v) is 3.04. The van der Waals surface area contributed by atoms with E-state index in [1.54, 1.807) is 19.1 Å². The van der Waals surface area contributed by atoms with Gasteiger partial charge in [-0.3, -0.25) is 9.79 Å². The molecule has 2 N–H and O–H groups in total. The molecule has 0 spiro atoms. The van der Waals surface area contributed by atoms with E-state index in [2.05, 4.69) is 10.3 Å². The fourth-order valence-corrected chi connectivity index (χ4v) is 1.98. The summed E-state index contributed by atoms with van der Waals surface area (Å²) in [4.78, 5) is 14.8. The van der Waals surface area contributed by atoms with E-state index in [9.17, 15) is 9.18 Å². The standard InChI is InChI=1S/C17H23FN2O2/c1-5-15(13-6-7-14(18)12(4)9-13)20-16(8-11(2)3)19-10-17(21)22/h5-7,9,11H,8,10H2,1-4H3,(H,19,20)(H,21,22). The zero-order valence-electron chi connectivity index (χ0n) is 13.5. The van der Waals surface area contributed by atoms with Crippen molar-refractivity contribution in [1.29, 1.82) is 0 Å². The number of aliphatic imine (C=N–C) groups is 1. The van der Waals surface area contributed by atoms with E-state index < -0.39 is 5.97 Å². The van der Waals surface area contributed by atoms with E-state index in [-0.39, 0.29) is 12.4 Å². The topological polar surface area (TPSA) is 61.7 Å². The average Bonchev–Trinajstić information content (AvgIpc) is 2.44. The normalized spacial score (nSPS) is 12.6. The fraction of sp³-hybridized carbons (Fsp3) is 0.412. The molecule has 22 heavy (non-hydrogen) atoms. The first-order chi connectivity index (χ1) is 10.3. The number of hydrogen-bond donors (Lipinski definition) is 2. The lowest BCUT2D eigenvalue weighted by Gasteiger charge is -2.15. The van der Waals surface area contributed by atoms with Crippen molar-refractivity contribution in [3.05, 3.63) is 41.2 Å². The number of benzene rings is 1. The molecule has 4 nitrogen and oxygen atoms in total. The second-order valence-electron chi connectivity index (χ2n) is 5.55. The molecular weight excluding hydrogens is 283 g/mol. The van der Waals surface area contributed by atoms with Gasteiger partial charge in [0.1, 0.15) is 18.2 Å². The van der Waals surface area contributed by atoms with Gasteiger partial charge in [-0.1, -0.05) is 19.9 Å². The van der Waals surface area contributed by atoms with Crippen molar-refractivity contribution in [2.24, 2.45) is 10.9 Å². The lowest BCUT2D eigenvalue weighted by Crippen LogP contribution is -2.25. The number of aryl methyl sites for hydroxylation is 1. The van der Waals surface area contributed by atoms with Gasteiger partial charge in [-0.05, 0) is 49.1 Å². The number of amidine groups is 1. The summed E-state index contributed by atoms with van der Waals surface area (Å²) in [5.74, 6) is -0.260. The van der Waals surface area contributed by atoms with E-state index in [4.69, 9.17) is 5.11 Å². The molecule has 0 bridgehead atoms. The highest BCUT2D eigenvalue weighted by Crippen LogP contribution is 2.16. The molecule has 1 aromatic carbocycles. The molecule has 0 saturated heterocycles. The van der Waals surface area contributed by atoms with Crippen LogP contribution in [0.1, 0.15) is 38.3 Å². The zero-order valence-corrected chi connectivity index (χ0v) is 13.5. The molecule has 0 aliphatic rings. The molecule has 0 aromatic heterocycles. The maximum Gasteiger partial charge on any atom is 0.325 e. The molecule has 0 radical (unpaired) electrons. The summed E-state index contributed by atoms with van der Waals surface area (Å²) in [5, 5.41) is 12.0. The predicted octanol–water partition coefficient (Wildman–Crippen LogP) is 3.61. The molecular formula is C17H23FN2O2. The Balaban J connectivity index is 2.99. The molecule has 0 aliphatic heterocycles. The van der Waals surface area contributed by atoms with Crippen molar-refractivity contribution in [2.75, 3.05) is 6.54 Å². The predicted molar refractivity (Wildman–Crippen MR) is 87.3 cm³/mol. The van der Waals surface area contributed by atoms with Gasteiger partial charge in [0.05, 0.1) is 0 Å². The Hall–Kier alpha value is -2.17. The van der Waals surface area contributed by atoms with Crippen LogP contribution < -0.4 is 5.32 Å². The van der Waals surface area contributed by atoms with Gasteiger partial charge < -0.3 is 10.4 Å². The van der Waals surface area contributed by atoms with Gasteiger partial charge >= 0.3 is 5.97 Å². The van der Waals surface area contributed by atoms with Crippen molar-refractivity contribution in [2.45, 2.75) is 34.1 Å². The Bertz CT molecular complexity index is 592. The van der Waals surface area contributed by atoms with E-state index >= 15 is 0 Å². The van der Waals surface area contributed by atoms with Gasteiger partial charge in [-0.15, -0.1) is 0 Å². The second-order valence-corrected chi connectivity index (χ2v) is 5.55. The maximum absolute atomic E-state index is 13.4. The average molecular weight is 306 g/mol. The Morgan fingerprint density at radius 3 is 2.64 bits per heavy atom. The number of nitrogens with one attached hydrogen (secondary N) is 1. The first-order valence-electron chi connectivity index (χ1n) is 7.28. The molecule has 0 saturated carbocycles. The van der Waals surface area contributed by atoms with Crippen LogP contribution in [0.2, 0.25) is 0 Å². The molecule has 0 heterocycles. The quantitative estimate of drug-likeness (QED) is 0.623. The van der Waals surface area contributed by atoms with Crippen LogP contribution in [0.5, 0.6) is 0 Å². The molecule has 5 heteroatoms. The second kappa shape index (κ2) is 8.32. The molecule has 1 aromatic rings. The van der Waals surface area contributed by atoms with Crippen molar-refractivity contribution in [1.82, 2.24) is 5.32 Å². The third-order valence-electron chi connectivity index (χ3n) is 3.04. The van der Waals surface area contributed by atoms with Crippen LogP contribution in [0.4, 0.5) is 4.39 Å². The molecule has 0 unspecified atom stereocenters. The molecule has 0 aliphatic carbocycles. The number of allylic oxidation sites excluding steroid dienone is 1. The number of carbonyl (C=O) groups is 1. The van der Waals surface area contributed by atoms with Crippen LogP contribution in [0.3, 0.4) is 0 Å². The molecule has 0 atom stereocenters. The van der Waals surface area contributed by atoms with Crippen molar-refractivity contribution < 1.29 is 14.3 Å². The number of hydrogen-bond acceptors (Lipinski definition) is 2. The van der Waals surface area contributed by atoms with Crippen LogP contribution in [-0.4, -0.2) is 23.5 Å². The van der Waals surface area contributed by atoms with Crippen LogP contribution in [0, 0.1) is 18.7 Å². The summed E-state index contributed by atoms with van der Waals surface area (Å²) in [5.41, 5.74) is 2.19. The van der Waals surface area contributed by atoms with Crippen LogP contribution in [0.25, 0.3) is 5.70 Å². The van der Waals surface area contributed by atoms with Gasteiger partial charge in [0.15, 0.2) is 0 Å². The van der Waals surface area contributed by atoms with Crippen LogP contribution in [-0.2, 0) is 4.79 Å². The SMILES string of the molecule is CC=C(NC(CC(C)C)=NCC(=O)O)c1ccc(F)c(C)c1. The van der Waals surface area contributed by atoms with E-state index in [1.807, 2.05) is 26.8 Å². The van der Waals surface area contributed by atoms with Crippen molar-refractivity contribution in [3.8, 4) is 0 Å². The first kappa shape index (κ1) is 17.9. The minimum absolute atomic E-state index is 0.249. The molecule has 1 rings (SSSR count). The number of aliphatic carboxylic acids is 1. The van der Waals surface area contributed by atoms with Gasteiger partial charge in [0.2, 0.25) is 0 Å². The number of halogens is 1. The zero-order chi connectivity index (χ0) is 16.7. The molecule has 0 fully saturated rings. The lowest BCUT2D eigenvalue weighted by molar-refractivity contribution is -0.135. The molecule has 0 amide bonds. The van der Waals surface area contributed by atoms with Gasteiger partial charge in [-0.25, -0.2) is 4.39 Å². The Morgan fingerprint density at radius 2 is 2.14 bits per heavy atom. The van der Waals surface area contributed by atoms with Gasteiger partial charge in [-0.2, -0.15) is 0 Å². The smallest absolute Gasteiger partial charge is 0.325 e. The number of nitrogens with zero attached hydrogens (tertiary/aromatic N) is 1. The number of carboxylic acid groups (broad SMARTS) is 1. The van der Waals surface area contributed by atoms with Crippen LogP contribution in [0.15, 0.2) is 29.3 Å². The monoisotopic (exact) mass is 306 g/mol. The van der Waals surface area contributed by atoms with E-state index in [0.717, 1.165) is 11.3 Å². The lowest BCUT2D eigenvalue weighted by atomic mass is 10.1. The van der Waals surface area contributed by atoms with Gasteiger partial charge in [0.25, 0.3) is 0 Å².